The Kier molecular flexibility index (Phi) is 2.67. The molecule has 7 nitrogen and oxygen atoms in total. The first-order chi connectivity index (χ1) is 9.58. The van der Waals surface area contributed by atoms with Crippen molar-refractivity contribution in [1.29, 1.82) is 0 Å². The van der Waals surface area contributed by atoms with Gasteiger partial charge in [0, 0.05) is 12.6 Å². The SMILES string of the molecule is NC(=O)c1nnc2n1C/C=C\Cc1cc(O)cc(O)c1-2. The van der Waals surface area contributed by atoms with E-state index in [1.807, 2.05) is 12.2 Å². The fourth-order valence-electron chi connectivity index (χ4n) is 2.32. The molecule has 0 unspecified atom stereocenters. The molecule has 2 aromatic rings. The summed E-state index contributed by atoms with van der Waals surface area (Å²) in [6.07, 6.45) is 4.27. The van der Waals surface area contributed by atoms with Crippen LogP contribution < -0.4 is 5.73 Å². The van der Waals surface area contributed by atoms with Gasteiger partial charge in [0.1, 0.15) is 11.5 Å². The lowest BCUT2D eigenvalue weighted by atomic mass is 10.0. The van der Waals surface area contributed by atoms with Gasteiger partial charge in [-0.25, -0.2) is 0 Å². The number of nitrogens with zero attached hydrogens (tertiary/aromatic N) is 3. The summed E-state index contributed by atoms with van der Waals surface area (Å²) >= 11 is 0. The summed E-state index contributed by atoms with van der Waals surface area (Å²) in [6, 6.07) is 2.78. The standard InChI is InChI=1S/C13H12N4O3/c14-11(20)13-16-15-12-10-7(3-1-2-4-17(12)13)5-8(18)6-9(10)19/h1-2,5-6,18-19H,3-4H2,(H2,14,20)/b2-1-. The normalized spacial score (nSPS) is 14.8. The van der Waals surface area contributed by atoms with E-state index in [2.05, 4.69) is 10.2 Å². The molecule has 0 saturated heterocycles. The summed E-state index contributed by atoms with van der Waals surface area (Å²) in [5, 5.41) is 27.4. The second kappa shape index (κ2) is 4.37. The van der Waals surface area contributed by atoms with Gasteiger partial charge in [-0.3, -0.25) is 9.36 Å². The second-order valence-electron chi connectivity index (χ2n) is 4.50. The van der Waals surface area contributed by atoms with E-state index in [-0.39, 0.29) is 17.3 Å². The van der Waals surface area contributed by atoms with E-state index in [9.17, 15) is 15.0 Å². The number of hydrogen-bond donors (Lipinski definition) is 3. The number of phenols is 2. The number of carbonyl (C=O) groups excluding carboxylic acids is 1. The Morgan fingerprint density at radius 3 is 2.80 bits per heavy atom. The van der Waals surface area contributed by atoms with Crippen LogP contribution in [0, 0.1) is 0 Å². The van der Waals surface area contributed by atoms with Crippen molar-refractivity contribution in [3.05, 3.63) is 35.7 Å². The van der Waals surface area contributed by atoms with Gasteiger partial charge in [-0.2, -0.15) is 0 Å². The van der Waals surface area contributed by atoms with Crippen molar-refractivity contribution < 1.29 is 15.0 Å². The Labute approximate surface area is 114 Å². The third-order valence-corrected chi connectivity index (χ3v) is 3.17. The molecule has 102 valence electrons. The molecule has 0 fully saturated rings. The molecule has 0 radical (unpaired) electrons. The van der Waals surface area contributed by atoms with Crippen molar-refractivity contribution in [2.45, 2.75) is 13.0 Å². The number of benzene rings is 1. The van der Waals surface area contributed by atoms with Crippen LogP contribution in [0.5, 0.6) is 11.5 Å². The lowest BCUT2D eigenvalue weighted by Gasteiger charge is -2.14. The topological polar surface area (TPSA) is 114 Å². The van der Waals surface area contributed by atoms with E-state index < -0.39 is 5.91 Å². The summed E-state index contributed by atoms with van der Waals surface area (Å²) in [4.78, 5) is 11.4. The average molecular weight is 272 g/mol. The van der Waals surface area contributed by atoms with Crippen LogP contribution in [0.2, 0.25) is 0 Å². The van der Waals surface area contributed by atoms with E-state index in [0.717, 1.165) is 0 Å². The van der Waals surface area contributed by atoms with Gasteiger partial charge in [0.2, 0.25) is 5.82 Å². The van der Waals surface area contributed by atoms with Crippen molar-refractivity contribution in [2.24, 2.45) is 5.73 Å². The molecule has 1 aliphatic heterocycles. The van der Waals surface area contributed by atoms with Crippen molar-refractivity contribution in [2.75, 3.05) is 0 Å². The molecule has 1 aliphatic rings. The quantitative estimate of drug-likeness (QED) is 0.656. The molecule has 20 heavy (non-hydrogen) atoms. The molecule has 0 spiro atoms. The van der Waals surface area contributed by atoms with Crippen LogP contribution in [0.25, 0.3) is 11.4 Å². The second-order valence-corrected chi connectivity index (χ2v) is 4.50. The Morgan fingerprint density at radius 2 is 2.05 bits per heavy atom. The van der Waals surface area contributed by atoms with E-state index >= 15 is 0 Å². The first-order valence-corrected chi connectivity index (χ1v) is 6.01. The number of phenolic OH excluding ortho intramolecular Hbond substituents is 2. The highest BCUT2D eigenvalue weighted by molar-refractivity contribution is 5.90. The summed E-state index contributed by atoms with van der Waals surface area (Å²) < 4.78 is 1.54. The highest BCUT2D eigenvalue weighted by Gasteiger charge is 2.23. The van der Waals surface area contributed by atoms with Gasteiger partial charge < -0.3 is 15.9 Å². The Bertz CT molecular complexity index is 733. The fourth-order valence-corrected chi connectivity index (χ4v) is 2.32. The van der Waals surface area contributed by atoms with Crippen molar-refractivity contribution in [3.63, 3.8) is 0 Å². The average Bonchev–Trinajstić information content (AvgIpc) is 2.74. The first kappa shape index (κ1) is 12.2. The molecule has 0 bridgehead atoms. The van der Waals surface area contributed by atoms with Gasteiger partial charge in [0.15, 0.2) is 5.82 Å². The van der Waals surface area contributed by atoms with Crippen LogP contribution in [0.15, 0.2) is 24.3 Å². The van der Waals surface area contributed by atoms with Crippen molar-refractivity contribution >= 4 is 5.91 Å². The maximum Gasteiger partial charge on any atom is 0.286 e. The summed E-state index contributed by atoms with van der Waals surface area (Å²) in [7, 11) is 0. The number of fused-ring (bicyclic) bond motifs is 3. The number of aromatic nitrogens is 3. The van der Waals surface area contributed by atoms with Crippen LogP contribution >= 0.6 is 0 Å². The molecule has 2 heterocycles. The predicted octanol–water partition coefficient (Wildman–Crippen LogP) is 0.567. The van der Waals surface area contributed by atoms with Crippen LogP contribution in [0.4, 0.5) is 0 Å². The van der Waals surface area contributed by atoms with Crippen LogP contribution in [0.3, 0.4) is 0 Å². The molecule has 0 saturated carbocycles. The number of carbonyl (C=O) groups is 1. The molecular weight excluding hydrogens is 260 g/mol. The van der Waals surface area contributed by atoms with Gasteiger partial charge >= 0.3 is 0 Å². The Balaban J connectivity index is 2.31. The monoisotopic (exact) mass is 272 g/mol. The third kappa shape index (κ3) is 1.80. The van der Waals surface area contributed by atoms with Crippen molar-refractivity contribution in [1.82, 2.24) is 14.8 Å². The molecule has 7 heteroatoms. The van der Waals surface area contributed by atoms with Crippen LogP contribution in [-0.4, -0.2) is 30.9 Å². The molecule has 0 aliphatic carbocycles. The fraction of sp³-hybridized carbons (Fsp3) is 0.154. The van der Waals surface area contributed by atoms with Crippen LogP contribution in [-0.2, 0) is 13.0 Å². The van der Waals surface area contributed by atoms with Gasteiger partial charge in [0.05, 0.1) is 5.56 Å². The number of nitrogens with two attached hydrogens (primary N) is 1. The molecular formula is C13H12N4O3. The predicted molar refractivity (Wildman–Crippen MR) is 70.1 cm³/mol. The highest BCUT2D eigenvalue weighted by atomic mass is 16.3. The summed E-state index contributed by atoms with van der Waals surface area (Å²) in [6.45, 7) is 0.389. The smallest absolute Gasteiger partial charge is 0.286 e. The minimum absolute atomic E-state index is 0.0311. The lowest BCUT2D eigenvalue weighted by molar-refractivity contribution is 0.0986. The summed E-state index contributed by atoms with van der Waals surface area (Å²) in [5.41, 5.74) is 6.41. The molecule has 3 rings (SSSR count). The summed E-state index contributed by atoms with van der Waals surface area (Å²) in [5.74, 6) is -0.436. The minimum Gasteiger partial charge on any atom is -0.508 e. The van der Waals surface area contributed by atoms with Gasteiger partial charge in [0.25, 0.3) is 5.91 Å². The number of rotatable bonds is 1. The zero-order valence-electron chi connectivity index (χ0n) is 10.4. The zero-order valence-corrected chi connectivity index (χ0v) is 10.4. The lowest BCUT2D eigenvalue weighted by Crippen LogP contribution is -2.19. The third-order valence-electron chi connectivity index (χ3n) is 3.17. The Hall–Kier alpha value is -2.83. The van der Waals surface area contributed by atoms with Crippen molar-refractivity contribution in [3.8, 4) is 22.9 Å². The molecule has 1 aromatic carbocycles. The first-order valence-electron chi connectivity index (χ1n) is 6.01. The molecule has 1 amide bonds. The maximum atomic E-state index is 11.4. The van der Waals surface area contributed by atoms with Gasteiger partial charge in [-0.1, -0.05) is 12.2 Å². The molecule has 1 aromatic heterocycles. The van der Waals surface area contributed by atoms with Gasteiger partial charge in [-0.05, 0) is 18.1 Å². The minimum atomic E-state index is -0.683. The zero-order chi connectivity index (χ0) is 14.3. The molecule has 0 atom stereocenters. The maximum absolute atomic E-state index is 11.4. The van der Waals surface area contributed by atoms with Gasteiger partial charge in [-0.15, -0.1) is 10.2 Å². The van der Waals surface area contributed by atoms with E-state index in [1.165, 1.54) is 10.6 Å². The number of hydrogen-bond acceptors (Lipinski definition) is 5. The number of aromatic hydroxyl groups is 2. The highest BCUT2D eigenvalue weighted by Crippen LogP contribution is 2.36. The number of amides is 1. The molecule has 4 N–H and O–H groups in total. The largest absolute Gasteiger partial charge is 0.508 e. The van der Waals surface area contributed by atoms with Crippen LogP contribution in [0.1, 0.15) is 16.2 Å². The van der Waals surface area contributed by atoms with E-state index in [4.69, 9.17) is 5.73 Å². The number of primary amides is 1. The van der Waals surface area contributed by atoms with E-state index in [1.54, 1.807) is 6.07 Å². The Morgan fingerprint density at radius 1 is 1.25 bits per heavy atom. The number of allylic oxidation sites excluding steroid dienone is 2. The van der Waals surface area contributed by atoms with E-state index in [0.29, 0.717) is 29.9 Å².